The average Bonchev–Trinajstić information content (AvgIpc) is 2.94. The Morgan fingerprint density at radius 1 is 1.52 bits per heavy atom. The van der Waals surface area contributed by atoms with E-state index in [-0.39, 0.29) is 29.3 Å². The summed E-state index contributed by atoms with van der Waals surface area (Å²) in [7, 11) is 0. The highest BCUT2D eigenvalue weighted by Gasteiger charge is 2.39. The number of rotatable bonds is 3. The van der Waals surface area contributed by atoms with Crippen LogP contribution in [0.25, 0.3) is 0 Å². The third-order valence-electron chi connectivity index (χ3n) is 3.74. The van der Waals surface area contributed by atoms with Gasteiger partial charge < -0.3 is 10.2 Å². The third kappa shape index (κ3) is 3.61. The van der Waals surface area contributed by atoms with Crippen LogP contribution >= 0.6 is 11.3 Å². The molecule has 1 aromatic rings. The molecule has 2 rings (SSSR count). The third-order valence-corrected chi connectivity index (χ3v) is 4.54. The van der Waals surface area contributed by atoms with Crippen molar-refractivity contribution in [1.82, 2.24) is 15.2 Å². The van der Waals surface area contributed by atoms with Gasteiger partial charge in [-0.05, 0) is 34.6 Å². The Labute approximate surface area is 129 Å². The summed E-state index contributed by atoms with van der Waals surface area (Å²) in [5, 5.41) is 5.92. The van der Waals surface area contributed by atoms with Crippen molar-refractivity contribution in [2.75, 3.05) is 6.54 Å². The molecule has 0 spiro atoms. The summed E-state index contributed by atoms with van der Waals surface area (Å²) < 4.78 is 0. The van der Waals surface area contributed by atoms with E-state index in [2.05, 4.69) is 10.3 Å². The smallest absolute Gasteiger partial charge is 0.225 e. The Balaban J connectivity index is 1.97. The van der Waals surface area contributed by atoms with Gasteiger partial charge in [0.2, 0.25) is 11.8 Å². The summed E-state index contributed by atoms with van der Waals surface area (Å²) in [6, 6.07) is -0.124. The van der Waals surface area contributed by atoms with Crippen LogP contribution in [-0.4, -0.2) is 33.8 Å². The Hall–Kier alpha value is -1.43. The van der Waals surface area contributed by atoms with E-state index in [4.69, 9.17) is 0 Å². The Kier molecular flexibility index (Phi) is 4.37. The highest BCUT2D eigenvalue weighted by atomic mass is 32.1. The van der Waals surface area contributed by atoms with E-state index in [9.17, 15) is 9.59 Å². The van der Waals surface area contributed by atoms with Gasteiger partial charge in [0.1, 0.15) is 0 Å². The van der Waals surface area contributed by atoms with Gasteiger partial charge in [-0.1, -0.05) is 0 Å². The van der Waals surface area contributed by atoms with Crippen LogP contribution in [0.15, 0.2) is 5.38 Å². The summed E-state index contributed by atoms with van der Waals surface area (Å²) in [5.74, 6) is -0.271. The molecule has 116 valence electrons. The molecule has 2 amide bonds. The number of nitrogens with zero attached hydrogens (tertiary/aromatic N) is 2. The molecule has 0 bridgehead atoms. The lowest BCUT2D eigenvalue weighted by Crippen LogP contribution is -2.43. The topological polar surface area (TPSA) is 62.3 Å². The molecule has 1 aromatic heterocycles. The predicted octanol–water partition coefficient (Wildman–Crippen LogP) is 2.28. The second-order valence-electron chi connectivity index (χ2n) is 6.60. The van der Waals surface area contributed by atoms with Crippen molar-refractivity contribution in [3.63, 3.8) is 0 Å². The molecule has 5 nitrogen and oxygen atoms in total. The lowest BCUT2D eigenvalue weighted by atomic mass is 10.1. The van der Waals surface area contributed by atoms with E-state index in [1.807, 2.05) is 40.0 Å². The van der Waals surface area contributed by atoms with E-state index < -0.39 is 0 Å². The number of hydrogen-bond acceptors (Lipinski definition) is 4. The van der Waals surface area contributed by atoms with Crippen molar-refractivity contribution in [2.45, 2.75) is 52.6 Å². The fourth-order valence-electron chi connectivity index (χ4n) is 2.52. The van der Waals surface area contributed by atoms with E-state index in [1.54, 1.807) is 16.2 Å². The van der Waals surface area contributed by atoms with Crippen LogP contribution in [-0.2, 0) is 9.59 Å². The maximum Gasteiger partial charge on any atom is 0.225 e. The van der Waals surface area contributed by atoms with Crippen LogP contribution in [0.3, 0.4) is 0 Å². The monoisotopic (exact) mass is 309 g/mol. The summed E-state index contributed by atoms with van der Waals surface area (Å²) in [5.41, 5.74) is 0.645. The van der Waals surface area contributed by atoms with E-state index in [0.717, 1.165) is 10.7 Å². The fraction of sp³-hybridized carbons (Fsp3) is 0.667. The van der Waals surface area contributed by atoms with Crippen LogP contribution in [0.1, 0.15) is 50.9 Å². The number of carbonyl (C=O) groups is 2. The first-order valence-electron chi connectivity index (χ1n) is 7.21. The molecule has 1 fully saturated rings. The van der Waals surface area contributed by atoms with Gasteiger partial charge in [0.25, 0.3) is 0 Å². The summed E-state index contributed by atoms with van der Waals surface area (Å²) in [6.45, 7) is 10.3. The molecular formula is C15H23N3O2S. The molecule has 0 radical (unpaired) electrons. The van der Waals surface area contributed by atoms with E-state index in [1.165, 1.54) is 0 Å². The molecule has 1 N–H and O–H groups in total. The quantitative estimate of drug-likeness (QED) is 0.931. The van der Waals surface area contributed by atoms with Crippen molar-refractivity contribution in [3.05, 3.63) is 16.1 Å². The normalized spacial score (nSPS) is 20.7. The minimum atomic E-state index is -0.265. The lowest BCUT2D eigenvalue weighted by molar-refractivity contribution is -0.132. The van der Waals surface area contributed by atoms with Crippen LogP contribution in [0.2, 0.25) is 0 Å². The first-order chi connectivity index (χ1) is 9.68. The van der Waals surface area contributed by atoms with Gasteiger partial charge in [-0.25, -0.2) is 4.98 Å². The maximum atomic E-state index is 12.3. The van der Waals surface area contributed by atoms with Crippen LogP contribution in [0, 0.1) is 12.8 Å². The minimum absolute atomic E-state index is 0.0554. The van der Waals surface area contributed by atoms with Crippen molar-refractivity contribution >= 4 is 23.2 Å². The Morgan fingerprint density at radius 3 is 2.67 bits per heavy atom. The summed E-state index contributed by atoms with van der Waals surface area (Å²) in [4.78, 5) is 30.5. The zero-order valence-corrected chi connectivity index (χ0v) is 14.1. The molecule has 0 saturated carbocycles. The molecule has 21 heavy (non-hydrogen) atoms. The highest BCUT2D eigenvalue weighted by molar-refractivity contribution is 7.09. The van der Waals surface area contributed by atoms with Gasteiger partial charge in [0, 0.05) is 23.9 Å². The zero-order valence-electron chi connectivity index (χ0n) is 13.3. The first kappa shape index (κ1) is 15.9. The number of aryl methyl sites for hydroxylation is 1. The number of amides is 2. The second kappa shape index (κ2) is 5.75. The number of likely N-dealkylation sites (tertiary alicyclic amines) is 1. The zero-order chi connectivity index (χ0) is 15.8. The fourth-order valence-corrected chi connectivity index (χ4v) is 3.22. The van der Waals surface area contributed by atoms with Gasteiger partial charge in [0.05, 0.1) is 22.7 Å². The lowest BCUT2D eigenvalue weighted by Gasteiger charge is -2.32. The SMILES string of the molecule is Cc1nc(C(C)NC(=O)C2CC(=O)N(C(C)(C)C)C2)cs1. The number of hydrogen-bond donors (Lipinski definition) is 1. The first-order valence-corrected chi connectivity index (χ1v) is 8.09. The van der Waals surface area contributed by atoms with Gasteiger partial charge in [-0.15, -0.1) is 11.3 Å². The highest BCUT2D eigenvalue weighted by Crippen LogP contribution is 2.26. The number of nitrogens with one attached hydrogen (secondary N) is 1. The predicted molar refractivity (Wildman–Crippen MR) is 83.0 cm³/mol. The van der Waals surface area contributed by atoms with Gasteiger partial charge in [-0.3, -0.25) is 9.59 Å². The summed E-state index contributed by atoms with van der Waals surface area (Å²) in [6.07, 6.45) is 0.298. The van der Waals surface area contributed by atoms with E-state index in [0.29, 0.717) is 13.0 Å². The molecule has 2 heterocycles. The Morgan fingerprint density at radius 2 is 2.19 bits per heavy atom. The van der Waals surface area contributed by atoms with Crippen LogP contribution in [0.5, 0.6) is 0 Å². The van der Waals surface area contributed by atoms with Crippen LogP contribution in [0.4, 0.5) is 0 Å². The number of thiazole rings is 1. The van der Waals surface area contributed by atoms with Gasteiger partial charge in [0.15, 0.2) is 0 Å². The molecule has 2 atom stereocenters. The van der Waals surface area contributed by atoms with Crippen molar-refractivity contribution in [1.29, 1.82) is 0 Å². The second-order valence-corrected chi connectivity index (χ2v) is 7.66. The number of aromatic nitrogens is 1. The molecule has 1 aliphatic heterocycles. The summed E-state index contributed by atoms with van der Waals surface area (Å²) >= 11 is 1.57. The van der Waals surface area contributed by atoms with Crippen molar-refractivity contribution in [3.8, 4) is 0 Å². The molecule has 2 unspecified atom stereocenters. The molecule has 1 aliphatic rings. The average molecular weight is 309 g/mol. The van der Waals surface area contributed by atoms with Crippen LogP contribution < -0.4 is 5.32 Å². The number of carbonyl (C=O) groups excluding carboxylic acids is 2. The molecular weight excluding hydrogens is 286 g/mol. The molecule has 0 aromatic carbocycles. The Bertz CT molecular complexity index is 547. The largest absolute Gasteiger partial charge is 0.348 e. The maximum absolute atomic E-state index is 12.3. The molecule has 0 aliphatic carbocycles. The van der Waals surface area contributed by atoms with Crippen molar-refractivity contribution in [2.24, 2.45) is 5.92 Å². The van der Waals surface area contributed by atoms with Crippen molar-refractivity contribution < 1.29 is 9.59 Å². The molecule has 6 heteroatoms. The standard InChI is InChI=1S/C15H23N3O2S/c1-9(12-8-21-10(2)17-12)16-14(20)11-6-13(19)18(7-11)15(3,4)5/h8-9,11H,6-7H2,1-5H3,(H,16,20). The van der Waals surface area contributed by atoms with E-state index >= 15 is 0 Å². The van der Waals surface area contributed by atoms with Gasteiger partial charge >= 0.3 is 0 Å². The molecule has 1 saturated heterocycles. The minimum Gasteiger partial charge on any atom is -0.348 e. The van der Waals surface area contributed by atoms with Gasteiger partial charge in [-0.2, -0.15) is 0 Å².